The van der Waals surface area contributed by atoms with Gasteiger partial charge in [-0.2, -0.15) is 0 Å². The molecule has 0 unspecified atom stereocenters. The summed E-state index contributed by atoms with van der Waals surface area (Å²) in [6.45, 7) is 7.83. The van der Waals surface area contributed by atoms with E-state index in [1.54, 1.807) is 4.68 Å². The molecule has 1 saturated carbocycles. The van der Waals surface area contributed by atoms with Gasteiger partial charge in [-0.25, -0.2) is 9.48 Å². The Bertz CT molecular complexity index is 422. The smallest absolute Gasteiger partial charge is 0.358 e. The van der Waals surface area contributed by atoms with E-state index in [0.29, 0.717) is 12.5 Å². The fraction of sp³-hybridized carbons (Fsp3) is 0.750. The number of likely N-dealkylation sites (N-methyl/N-ethyl adjacent to an activating group) is 1. The molecule has 6 heteroatoms. The Hall–Kier alpha value is -1.43. The molecule has 1 N–H and O–H groups in total. The zero-order chi connectivity index (χ0) is 13.1. The minimum Gasteiger partial charge on any atom is -0.476 e. The number of aromatic carboxylic acids is 1. The van der Waals surface area contributed by atoms with E-state index >= 15 is 0 Å². The van der Waals surface area contributed by atoms with Crippen molar-refractivity contribution in [3.8, 4) is 0 Å². The Balaban J connectivity index is 2.10. The van der Waals surface area contributed by atoms with E-state index in [1.807, 2.05) is 0 Å². The Morgan fingerprint density at radius 2 is 2.11 bits per heavy atom. The molecule has 0 aromatic carbocycles. The minimum absolute atomic E-state index is 0.136. The maximum absolute atomic E-state index is 11.1. The minimum atomic E-state index is -0.967. The van der Waals surface area contributed by atoms with E-state index in [0.717, 1.165) is 38.2 Å². The third-order valence-corrected chi connectivity index (χ3v) is 3.46. The highest BCUT2D eigenvalue weighted by Gasteiger charge is 2.33. The van der Waals surface area contributed by atoms with Crippen molar-refractivity contribution >= 4 is 5.97 Å². The van der Waals surface area contributed by atoms with Crippen molar-refractivity contribution in [3.05, 3.63) is 11.4 Å². The van der Waals surface area contributed by atoms with Gasteiger partial charge in [0.15, 0.2) is 5.69 Å². The topological polar surface area (TPSA) is 71.2 Å². The van der Waals surface area contributed by atoms with Crippen molar-refractivity contribution in [2.75, 3.05) is 19.6 Å². The van der Waals surface area contributed by atoms with Crippen molar-refractivity contribution in [2.24, 2.45) is 0 Å². The largest absolute Gasteiger partial charge is 0.476 e. The molecule has 1 fully saturated rings. The molecule has 0 spiro atoms. The molecule has 2 rings (SSSR count). The van der Waals surface area contributed by atoms with Gasteiger partial charge in [0.2, 0.25) is 0 Å². The average Bonchev–Trinajstić information content (AvgIpc) is 3.10. The molecule has 1 aliphatic carbocycles. The standard InChI is InChI=1S/C12H20N4O2/c1-3-15(4-2)7-8-16-11(9-5-6-9)10(12(17)18)13-14-16/h9H,3-8H2,1-2H3,(H,17,18). The molecule has 0 radical (unpaired) electrons. The predicted molar refractivity (Wildman–Crippen MR) is 66.7 cm³/mol. The van der Waals surface area contributed by atoms with E-state index in [2.05, 4.69) is 29.1 Å². The van der Waals surface area contributed by atoms with E-state index in [-0.39, 0.29) is 5.69 Å². The van der Waals surface area contributed by atoms with Gasteiger partial charge >= 0.3 is 5.97 Å². The lowest BCUT2D eigenvalue weighted by molar-refractivity contribution is 0.0689. The van der Waals surface area contributed by atoms with Crippen LogP contribution in [-0.2, 0) is 6.54 Å². The number of carbonyl (C=O) groups is 1. The molecule has 6 nitrogen and oxygen atoms in total. The van der Waals surface area contributed by atoms with Gasteiger partial charge in [0.1, 0.15) is 0 Å². The van der Waals surface area contributed by atoms with Crippen LogP contribution in [0.15, 0.2) is 0 Å². The highest BCUT2D eigenvalue weighted by atomic mass is 16.4. The molecule has 1 aliphatic rings. The van der Waals surface area contributed by atoms with Crippen molar-refractivity contribution in [3.63, 3.8) is 0 Å². The highest BCUT2D eigenvalue weighted by molar-refractivity contribution is 5.86. The first-order valence-electron chi connectivity index (χ1n) is 6.56. The number of aromatic nitrogens is 3. The molecule has 0 saturated heterocycles. The van der Waals surface area contributed by atoms with Crippen LogP contribution in [0, 0.1) is 0 Å². The van der Waals surface area contributed by atoms with Gasteiger partial charge in [-0.05, 0) is 25.9 Å². The fourth-order valence-corrected chi connectivity index (χ4v) is 2.17. The van der Waals surface area contributed by atoms with Gasteiger partial charge in [-0.15, -0.1) is 5.10 Å². The molecule has 0 aliphatic heterocycles. The summed E-state index contributed by atoms with van der Waals surface area (Å²) < 4.78 is 1.78. The number of nitrogens with zero attached hydrogens (tertiary/aromatic N) is 4. The quantitative estimate of drug-likeness (QED) is 0.789. The maximum Gasteiger partial charge on any atom is 0.358 e. The van der Waals surface area contributed by atoms with Crippen LogP contribution in [0.5, 0.6) is 0 Å². The molecular formula is C12H20N4O2. The first-order chi connectivity index (χ1) is 8.67. The summed E-state index contributed by atoms with van der Waals surface area (Å²) in [4.78, 5) is 13.4. The fourth-order valence-electron chi connectivity index (χ4n) is 2.17. The normalized spacial score (nSPS) is 15.3. The van der Waals surface area contributed by atoms with Crippen molar-refractivity contribution < 1.29 is 9.90 Å². The van der Waals surface area contributed by atoms with Gasteiger partial charge in [0.25, 0.3) is 0 Å². The molecule has 18 heavy (non-hydrogen) atoms. The molecular weight excluding hydrogens is 232 g/mol. The van der Waals surface area contributed by atoms with E-state index in [4.69, 9.17) is 5.11 Å². The SMILES string of the molecule is CCN(CC)CCn1nnc(C(=O)O)c1C1CC1. The van der Waals surface area contributed by atoms with Gasteiger partial charge in [0, 0.05) is 12.5 Å². The predicted octanol–water partition coefficient (Wildman–Crippen LogP) is 1.20. The summed E-state index contributed by atoms with van der Waals surface area (Å²) >= 11 is 0. The van der Waals surface area contributed by atoms with Gasteiger partial charge < -0.3 is 10.0 Å². The first kappa shape index (κ1) is 13.0. The molecule has 1 aromatic rings. The summed E-state index contributed by atoms with van der Waals surface area (Å²) in [6, 6.07) is 0. The van der Waals surface area contributed by atoms with Crippen LogP contribution in [0.1, 0.15) is 48.8 Å². The molecule has 0 bridgehead atoms. The van der Waals surface area contributed by atoms with Crippen LogP contribution >= 0.6 is 0 Å². The maximum atomic E-state index is 11.1. The second kappa shape index (κ2) is 5.48. The molecule has 1 heterocycles. The Labute approximate surface area is 107 Å². The van der Waals surface area contributed by atoms with Gasteiger partial charge in [0.05, 0.1) is 12.2 Å². The number of carboxylic acids is 1. The molecule has 100 valence electrons. The van der Waals surface area contributed by atoms with Crippen molar-refractivity contribution in [2.45, 2.75) is 39.2 Å². The van der Waals surface area contributed by atoms with Gasteiger partial charge in [-0.1, -0.05) is 19.1 Å². The van der Waals surface area contributed by atoms with Crippen LogP contribution in [0.2, 0.25) is 0 Å². The van der Waals surface area contributed by atoms with Crippen LogP contribution in [0.3, 0.4) is 0 Å². The summed E-state index contributed by atoms with van der Waals surface area (Å²) in [7, 11) is 0. The molecule has 0 amide bonds. The molecule has 0 atom stereocenters. The summed E-state index contributed by atoms with van der Waals surface area (Å²) in [6.07, 6.45) is 2.11. The molecule has 1 aromatic heterocycles. The Morgan fingerprint density at radius 1 is 1.44 bits per heavy atom. The summed E-state index contributed by atoms with van der Waals surface area (Å²) in [5.41, 5.74) is 0.951. The number of rotatable bonds is 7. The first-order valence-corrected chi connectivity index (χ1v) is 6.56. The number of hydrogen-bond donors (Lipinski definition) is 1. The van der Waals surface area contributed by atoms with Crippen LogP contribution < -0.4 is 0 Å². The van der Waals surface area contributed by atoms with Crippen LogP contribution in [0.25, 0.3) is 0 Å². The van der Waals surface area contributed by atoms with Crippen molar-refractivity contribution in [1.82, 2.24) is 19.9 Å². The Morgan fingerprint density at radius 3 is 2.61 bits per heavy atom. The summed E-state index contributed by atoms with van der Waals surface area (Å²) in [5, 5.41) is 16.9. The van der Waals surface area contributed by atoms with E-state index < -0.39 is 5.97 Å². The zero-order valence-corrected chi connectivity index (χ0v) is 11.0. The van der Waals surface area contributed by atoms with Gasteiger partial charge in [-0.3, -0.25) is 0 Å². The number of hydrogen-bond acceptors (Lipinski definition) is 4. The third-order valence-electron chi connectivity index (χ3n) is 3.46. The zero-order valence-electron chi connectivity index (χ0n) is 11.0. The second-order valence-electron chi connectivity index (χ2n) is 4.65. The summed E-state index contributed by atoms with van der Waals surface area (Å²) in [5.74, 6) is -0.617. The lowest BCUT2D eigenvalue weighted by Crippen LogP contribution is -2.27. The number of carboxylic acid groups (broad SMARTS) is 1. The van der Waals surface area contributed by atoms with Crippen LogP contribution in [0.4, 0.5) is 0 Å². The monoisotopic (exact) mass is 252 g/mol. The van der Waals surface area contributed by atoms with E-state index in [1.165, 1.54) is 0 Å². The Kier molecular flexibility index (Phi) is 3.96. The van der Waals surface area contributed by atoms with Crippen molar-refractivity contribution in [1.29, 1.82) is 0 Å². The third kappa shape index (κ3) is 2.69. The lowest BCUT2D eigenvalue weighted by Gasteiger charge is -2.18. The van der Waals surface area contributed by atoms with Crippen LogP contribution in [-0.4, -0.2) is 50.6 Å². The highest BCUT2D eigenvalue weighted by Crippen LogP contribution is 2.41. The second-order valence-corrected chi connectivity index (χ2v) is 4.65. The van der Waals surface area contributed by atoms with E-state index in [9.17, 15) is 4.79 Å². The lowest BCUT2D eigenvalue weighted by atomic mass is 10.2. The average molecular weight is 252 g/mol.